The monoisotopic (exact) mass is 298 g/mol. The van der Waals surface area contributed by atoms with E-state index in [0.717, 1.165) is 5.56 Å². The Morgan fingerprint density at radius 2 is 1.55 bits per heavy atom. The van der Waals surface area contributed by atoms with Crippen LogP contribution in [0.3, 0.4) is 0 Å². The quantitative estimate of drug-likeness (QED) is 0.870. The van der Waals surface area contributed by atoms with Gasteiger partial charge in [-0.3, -0.25) is 0 Å². The highest BCUT2D eigenvalue weighted by Crippen LogP contribution is 2.26. The van der Waals surface area contributed by atoms with Crippen LogP contribution in [0.25, 0.3) is 11.1 Å². The Kier molecular flexibility index (Phi) is 4.31. The summed E-state index contributed by atoms with van der Waals surface area (Å²) in [6.07, 6.45) is 0. The van der Waals surface area contributed by atoms with E-state index in [4.69, 9.17) is 9.84 Å². The van der Waals surface area contributed by atoms with Gasteiger partial charge in [0.1, 0.15) is 5.60 Å². The molecule has 0 bridgehead atoms. The van der Waals surface area contributed by atoms with Crippen LogP contribution < -0.4 is 0 Å². The van der Waals surface area contributed by atoms with E-state index in [-0.39, 0.29) is 5.56 Å². The topological polar surface area (TPSA) is 63.6 Å². The highest BCUT2D eigenvalue weighted by atomic mass is 16.6. The van der Waals surface area contributed by atoms with Crippen molar-refractivity contribution in [2.45, 2.75) is 26.4 Å². The largest absolute Gasteiger partial charge is 0.478 e. The number of aromatic carboxylic acids is 1. The second-order valence-electron chi connectivity index (χ2n) is 5.93. The summed E-state index contributed by atoms with van der Waals surface area (Å²) in [5, 5.41) is 8.94. The number of carbonyl (C=O) groups is 2. The lowest BCUT2D eigenvalue weighted by Gasteiger charge is -2.20. The minimum atomic E-state index is -0.980. The fourth-order valence-electron chi connectivity index (χ4n) is 2.04. The van der Waals surface area contributed by atoms with Gasteiger partial charge in [-0.2, -0.15) is 0 Å². The molecule has 1 N–H and O–H groups in total. The van der Waals surface area contributed by atoms with E-state index >= 15 is 0 Å². The van der Waals surface area contributed by atoms with E-state index in [9.17, 15) is 9.59 Å². The second kappa shape index (κ2) is 6.02. The molecule has 2 aromatic carbocycles. The molecule has 0 aliphatic heterocycles. The zero-order valence-corrected chi connectivity index (χ0v) is 12.8. The van der Waals surface area contributed by atoms with Crippen LogP contribution in [0.15, 0.2) is 48.5 Å². The van der Waals surface area contributed by atoms with Crippen LogP contribution in [0.2, 0.25) is 0 Å². The third kappa shape index (κ3) is 3.73. The van der Waals surface area contributed by atoms with E-state index in [2.05, 4.69) is 0 Å². The molecule has 114 valence electrons. The second-order valence-corrected chi connectivity index (χ2v) is 5.93. The molecule has 0 saturated heterocycles. The molecule has 0 aliphatic carbocycles. The van der Waals surface area contributed by atoms with Gasteiger partial charge >= 0.3 is 11.9 Å². The van der Waals surface area contributed by atoms with Gasteiger partial charge in [0.15, 0.2) is 0 Å². The number of esters is 1. The first kappa shape index (κ1) is 15.8. The Hall–Kier alpha value is -2.62. The Labute approximate surface area is 129 Å². The summed E-state index contributed by atoms with van der Waals surface area (Å²) in [6, 6.07) is 13.5. The van der Waals surface area contributed by atoms with Crippen LogP contribution in [-0.2, 0) is 4.74 Å². The minimum absolute atomic E-state index is 0.207. The number of rotatable bonds is 3. The fraction of sp³-hybridized carbons (Fsp3) is 0.222. The summed E-state index contributed by atoms with van der Waals surface area (Å²) in [5.74, 6) is -1.38. The maximum Gasteiger partial charge on any atom is 0.339 e. The van der Waals surface area contributed by atoms with Gasteiger partial charge < -0.3 is 9.84 Å². The first-order chi connectivity index (χ1) is 10.3. The molecule has 0 aliphatic rings. The molecule has 2 rings (SSSR count). The maximum atomic E-state index is 12.3. The number of hydrogen-bond donors (Lipinski definition) is 1. The van der Waals surface area contributed by atoms with Gasteiger partial charge in [0.2, 0.25) is 0 Å². The van der Waals surface area contributed by atoms with Crippen molar-refractivity contribution in [3.05, 3.63) is 59.7 Å². The normalized spacial score (nSPS) is 11.0. The predicted molar refractivity (Wildman–Crippen MR) is 84.0 cm³/mol. The smallest absolute Gasteiger partial charge is 0.339 e. The van der Waals surface area contributed by atoms with Gasteiger partial charge in [0, 0.05) is 0 Å². The Bertz CT molecular complexity index is 694. The molecule has 0 amide bonds. The van der Waals surface area contributed by atoms with Crippen LogP contribution >= 0.6 is 0 Å². The summed E-state index contributed by atoms with van der Waals surface area (Å²) >= 11 is 0. The summed E-state index contributed by atoms with van der Waals surface area (Å²) in [5.41, 5.74) is 1.58. The van der Waals surface area contributed by atoms with Gasteiger partial charge in [-0.15, -0.1) is 0 Å². The van der Waals surface area contributed by atoms with Crippen molar-refractivity contribution in [2.24, 2.45) is 0 Å². The highest BCUT2D eigenvalue weighted by Gasteiger charge is 2.20. The Balaban J connectivity index is 2.40. The van der Waals surface area contributed by atoms with Gasteiger partial charge in [0.05, 0.1) is 11.1 Å². The summed E-state index contributed by atoms with van der Waals surface area (Å²) < 4.78 is 5.41. The average Bonchev–Trinajstić information content (AvgIpc) is 2.45. The van der Waals surface area contributed by atoms with E-state index < -0.39 is 17.5 Å². The van der Waals surface area contributed by atoms with Crippen molar-refractivity contribution < 1.29 is 19.4 Å². The van der Waals surface area contributed by atoms with Gasteiger partial charge in [-0.05, 0) is 50.1 Å². The molecule has 0 radical (unpaired) electrons. The molecule has 0 atom stereocenters. The average molecular weight is 298 g/mol. The van der Waals surface area contributed by atoms with E-state index in [0.29, 0.717) is 11.1 Å². The zero-order valence-electron chi connectivity index (χ0n) is 12.8. The van der Waals surface area contributed by atoms with Gasteiger partial charge in [-0.1, -0.05) is 30.3 Å². The molecule has 0 heterocycles. The molecule has 0 aromatic heterocycles. The minimum Gasteiger partial charge on any atom is -0.478 e. The van der Waals surface area contributed by atoms with Crippen molar-refractivity contribution in [1.29, 1.82) is 0 Å². The van der Waals surface area contributed by atoms with Crippen LogP contribution in [0.4, 0.5) is 0 Å². The Morgan fingerprint density at radius 1 is 0.955 bits per heavy atom. The lowest BCUT2D eigenvalue weighted by Crippen LogP contribution is -2.24. The third-order valence-corrected chi connectivity index (χ3v) is 2.99. The SMILES string of the molecule is CC(C)(C)OC(=O)c1ccccc1-c1ccc(C(=O)O)cc1. The summed E-state index contributed by atoms with van der Waals surface area (Å²) in [4.78, 5) is 23.2. The molecule has 2 aromatic rings. The third-order valence-electron chi connectivity index (χ3n) is 2.99. The lowest BCUT2D eigenvalue weighted by molar-refractivity contribution is 0.00702. The van der Waals surface area contributed by atoms with Crippen LogP contribution in [0.1, 0.15) is 41.5 Å². The first-order valence-electron chi connectivity index (χ1n) is 6.94. The number of carbonyl (C=O) groups excluding carboxylic acids is 1. The first-order valence-corrected chi connectivity index (χ1v) is 6.94. The van der Waals surface area contributed by atoms with E-state index in [1.54, 1.807) is 24.3 Å². The van der Waals surface area contributed by atoms with Gasteiger partial charge in [0.25, 0.3) is 0 Å². The highest BCUT2D eigenvalue weighted by molar-refractivity contribution is 5.98. The van der Waals surface area contributed by atoms with Crippen molar-refractivity contribution in [2.75, 3.05) is 0 Å². The van der Waals surface area contributed by atoms with Crippen LogP contribution in [-0.4, -0.2) is 22.6 Å². The molecule has 0 unspecified atom stereocenters. The Morgan fingerprint density at radius 3 is 2.09 bits per heavy atom. The van der Waals surface area contributed by atoms with Crippen molar-refractivity contribution in [3.63, 3.8) is 0 Å². The number of hydrogen-bond acceptors (Lipinski definition) is 3. The van der Waals surface area contributed by atoms with E-state index in [1.807, 2.05) is 32.9 Å². The zero-order chi connectivity index (χ0) is 16.3. The van der Waals surface area contributed by atoms with Crippen LogP contribution in [0, 0.1) is 0 Å². The number of carboxylic acid groups (broad SMARTS) is 1. The summed E-state index contributed by atoms with van der Waals surface area (Å²) in [6.45, 7) is 5.44. The molecule has 22 heavy (non-hydrogen) atoms. The predicted octanol–water partition coefficient (Wildman–Crippen LogP) is 4.01. The fourth-order valence-corrected chi connectivity index (χ4v) is 2.04. The van der Waals surface area contributed by atoms with Crippen molar-refractivity contribution >= 4 is 11.9 Å². The lowest BCUT2D eigenvalue weighted by atomic mass is 9.98. The van der Waals surface area contributed by atoms with Crippen molar-refractivity contribution in [1.82, 2.24) is 0 Å². The molecule has 4 heteroatoms. The molecule has 0 fully saturated rings. The van der Waals surface area contributed by atoms with E-state index in [1.165, 1.54) is 12.1 Å². The molecule has 0 saturated carbocycles. The molecular weight excluding hydrogens is 280 g/mol. The van der Waals surface area contributed by atoms with Gasteiger partial charge in [-0.25, -0.2) is 9.59 Å². The number of benzene rings is 2. The maximum absolute atomic E-state index is 12.3. The van der Waals surface area contributed by atoms with Crippen molar-refractivity contribution in [3.8, 4) is 11.1 Å². The summed E-state index contributed by atoms with van der Waals surface area (Å²) in [7, 11) is 0. The number of carboxylic acids is 1. The molecular formula is C18H18O4. The van der Waals surface area contributed by atoms with Crippen LogP contribution in [0.5, 0.6) is 0 Å². The standard InChI is InChI=1S/C18H18O4/c1-18(2,3)22-17(21)15-7-5-4-6-14(15)12-8-10-13(11-9-12)16(19)20/h4-11H,1-3H3,(H,19,20). The molecule has 0 spiro atoms. The number of ether oxygens (including phenoxy) is 1. The molecule has 4 nitrogen and oxygen atoms in total.